The Balaban J connectivity index is 1.31. The Labute approximate surface area is 278 Å². The minimum Gasteiger partial charge on any atom is -0.478 e. The topological polar surface area (TPSA) is 230 Å². The Bertz CT molecular complexity index is 1970. The average molecular weight is 697 g/mol. The molecule has 0 spiro atoms. The third-order valence-corrected chi connectivity index (χ3v) is 9.01. The highest BCUT2D eigenvalue weighted by atomic mass is 35.5. The quantitative estimate of drug-likeness (QED) is 0.122. The van der Waals surface area contributed by atoms with Gasteiger partial charge in [-0.15, -0.1) is 5.10 Å². The number of nitrogens with zero attached hydrogens (tertiary/aromatic N) is 5. The van der Waals surface area contributed by atoms with Gasteiger partial charge in [0.25, 0.3) is 0 Å². The van der Waals surface area contributed by atoms with Gasteiger partial charge in [-0.05, 0) is 58.8 Å². The monoisotopic (exact) mass is 696 g/mol. The number of carbonyl (C=O) groups is 4. The van der Waals surface area contributed by atoms with Gasteiger partial charge in [0.1, 0.15) is 12.4 Å². The molecule has 3 amide bonds. The van der Waals surface area contributed by atoms with Crippen LogP contribution in [0.3, 0.4) is 0 Å². The standard InChI is InChI=1S/C29H29ClN10O7S/c1-39(2)48(46,47)36-19-11-7-17(8-12-19)9-14-24(41)33-25-20-5-3-4-6-21(20)34-29(25,28(44)45)35-27(43)26(42)32-22-15-18(30)10-13-23(22)40-16-31-37-38-40/h3-8,10-13,15-16,25,34,36H,9,14H2,1-2H3,(H,32,42)(H,33,41)(H,35,43)(H,44,45). The van der Waals surface area contributed by atoms with Crippen LogP contribution < -0.4 is 26.0 Å². The summed E-state index contributed by atoms with van der Waals surface area (Å²) >= 11 is 6.10. The van der Waals surface area contributed by atoms with Crippen molar-refractivity contribution < 1.29 is 32.7 Å². The molecular weight excluding hydrogens is 668 g/mol. The normalized spacial score (nSPS) is 16.8. The lowest BCUT2D eigenvalue weighted by molar-refractivity contribution is -0.149. The number of rotatable bonds is 11. The summed E-state index contributed by atoms with van der Waals surface area (Å²) in [6.45, 7) is 0. The number of anilines is 3. The van der Waals surface area contributed by atoms with Crippen LogP contribution in [0.4, 0.5) is 17.1 Å². The third-order valence-electron chi connectivity index (χ3n) is 7.32. The molecule has 5 rings (SSSR count). The maximum Gasteiger partial charge on any atom is 0.353 e. The second-order valence-electron chi connectivity index (χ2n) is 10.7. The number of fused-ring (bicyclic) bond motifs is 1. The van der Waals surface area contributed by atoms with E-state index in [4.69, 9.17) is 11.6 Å². The number of aliphatic carboxylic acids is 1. The van der Waals surface area contributed by atoms with Crippen LogP contribution in [-0.4, -0.2) is 81.5 Å². The zero-order valence-corrected chi connectivity index (χ0v) is 26.9. The summed E-state index contributed by atoms with van der Waals surface area (Å²) < 4.78 is 28.8. The highest BCUT2D eigenvalue weighted by molar-refractivity contribution is 7.90. The fraction of sp³-hybridized carbons (Fsp3) is 0.207. The predicted molar refractivity (Wildman–Crippen MR) is 173 cm³/mol. The lowest BCUT2D eigenvalue weighted by Gasteiger charge is -2.33. The number of halogens is 1. The number of carboxylic acids is 1. The number of aryl methyl sites for hydroxylation is 1. The SMILES string of the molecule is CN(C)S(=O)(=O)Nc1ccc(CCC(=O)NC2c3ccccc3NC2(NC(=O)C(=O)Nc2cc(Cl)ccc2-n2cnnn2)C(=O)O)cc1. The van der Waals surface area contributed by atoms with Gasteiger partial charge in [0, 0.05) is 42.5 Å². The van der Waals surface area contributed by atoms with E-state index in [1.807, 2.05) is 0 Å². The average Bonchev–Trinajstić information content (AvgIpc) is 3.68. The molecular formula is C29H29ClN10O7S. The van der Waals surface area contributed by atoms with Crippen LogP contribution in [0.15, 0.2) is 73.1 Å². The van der Waals surface area contributed by atoms with Gasteiger partial charge in [0.2, 0.25) is 11.6 Å². The van der Waals surface area contributed by atoms with Crippen molar-refractivity contribution in [2.45, 2.75) is 24.5 Å². The maximum absolute atomic E-state index is 13.3. The van der Waals surface area contributed by atoms with Gasteiger partial charge in [0.15, 0.2) is 0 Å². The summed E-state index contributed by atoms with van der Waals surface area (Å²) in [7, 11) is -0.909. The Morgan fingerprint density at radius 3 is 2.44 bits per heavy atom. The predicted octanol–water partition coefficient (Wildman–Crippen LogP) is 1.29. The smallest absolute Gasteiger partial charge is 0.353 e. The van der Waals surface area contributed by atoms with E-state index in [2.05, 4.69) is 41.5 Å². The molecule has 6 N–H and O–H groups in total. The molecule has 1 aromatic heterocycles. The lowest BCUT2D eigenvalue weighted by Crippen LogP contribution is -2.65. The molecule has 19 heteroatoms. The van der Waals surface area contributed by atoms with Crippen LogP contribution in [0.5, 0.6) is 0 Å². The maximum atomic E-state index is 13.3. The van der Waals surface area contributed by atoms with Crippen molar-refractivity contribution in [2.75, 3.05) is 29.5 Å². The number of amides is 3. The third kappa shape index (κ3) is 7.19. The van der Waals surface area contributed by atoms with Crippen molar-refractivity contribution in [1.82, 2.24) is 35.1 Å². The Morgan fingerprint density at radius 1 is 1.04 bits per heavy atom. The van der Waals surface area contributed by atoms with Crippen LogP contribution in [-0.2, 0) is 35.8 Å². The number of tetrazole rings is 1. The van der Waals surface area contributed by atoms with Gasteiger partial charge in [-0.1, -0.05) is 41.9 Å². The van der Waals surface area contributed by atoms with Crippen molar-refractivity contribution in [1.29, 1.82) is 0 Å². The van der Waals surface area contributed by atoms with Crippen molar-refractivity contribution in [3.63, 3.8) is 0 Å². The van der Waals surface area contributed by atoms with Gasteiger partial charge in [-0.25, -0.2) is 4.79 Å². The zero-order valence-electron chi connectivity index (χ0n) is 25.3. The zero-order chi connectivity index (χ0) is 34.6. The number of carboxylic acid groups (broad SMARTS) is 1. The van der Waals surface area contributed by atoms with E-state index in [9.17, 15) is 32.7 Å². The van der Waals surface area contributed by atoms with Crippen molar-refractivity contribution in [3.05, 3.63) is 89.2 Å². The fourth-order valence-corrected chi connectivity index (χ4v) is 5.65. The Hall–Kier alpha value is -5.59. The molecule has 2 heterocycles. The van der Waals surface area contributed by atoms with E-state index in [0.717, 1.165) is 4.31 Å². The summed E-state index contributed by atoms with van der Waals surface area (Å²) in [5.74, 6) is -4.68. The summed E-state index contributed by atoms with van der Waals surface area (Å²) in [5.41, 5.74) is -0.293. The van der Waals surface area contributed by atoms with Gasteiger partial charge in [0.05, 0.1) is 11.4 Å². The molecule has 0 saturated carbocycles. The van der Waals surface area contributed by atoms with Crippen LogP contribution >= 0.6 is 11.6 Å². The molecule has 0 radical (unpaired) electrons. The Morgan fingerprint density at radius 2 is 1.77 bits per heavy atom. The number of carbonyl (C=O) groups excluding carboxylic acids is 3. The van der Waals surface area contributed by atoms with Crippen LogP contribution in [0.2, 0.25) is 5.02 Å². The summed E-state index contributed by atoms with van der Waals surface area (Å²) in [5, 5.41) is 31.7. The number of para-hydroxylation sites is 1. The molecule has 0 fully saturated rings. The van der Waals surface area contributed by atoms with E-state index in [1.54, 1.807) is 48.5 Å². The van der Waals surface area contributed by atoms with Crippen molar-refractivity contribution >= 4 is 62.6 Å². The number of aromatic nitrogens is 4. The largest absolute Gasteiger partial charge is 0.478 e. The van der Waals surface area contributed by atoms with Crippen LogP contribution in [0, 0.1) is 0 Å². The summed E-state index contributed by atoms with van der Waals surface area (Å²) in [6, 6.07) is 15.9. The number of nitrogens with one attached hydrogen (secondary N) is 5. The first-order valence-corrected chi connectivity index (χ1v) is 16.0. The second-order valence-corrected chi connectivity index (χ2v) is 13.1. The molecule has 48 heavy (non-hydrogen) atoms. The number of hydrogen-bond donors (Lipinski definition) is 6. The minimum atomic E-state index is -3.69. The molecule has 0 aliphatic carbocycles. The highest BCUT2D eigenvalue weighted by Gasteiger charge is 2.55. The summed E-state index contributed by atoms with van der Waals surface area (Å²) in [4.78, 5) is 52.5. The molecule has 17 nitrogen and oxygen atoms in total. The van der Waals surface area contributed by atoms with Crippen LogP contribution in [0.25, 0.3) is 5.69 Å². The number of benzene rings is 3. The minimum absolute atomic E-state index is 0.0648. The molecule has 1 aliphatic rings. The lowest BCUT2D eigenvalue weighted by atomic mass is 9.96. The van der Waals surface area contributed by atoms with Gasteiger partial charge >= 0.3 is 28.0 Å². The van der Waals surface area contributed by atoms with E-state index in [1.165, 1.54) is 43.3 Å². The van der Waals surface area contributed by atoms with Gasteiger partial charge < -0.3 is 26.4 Å². The van der Waals surface area contributed by atoms with Gasteiger partial charge in [-0.2, -0.15) is 17.4 Å². The van der Waals surface area contributed by atoms with Crippen LogP contribution in [0.1, 0.15) is 23.6 Å². The van der Waals surface area contributed by atoms with E-state index >= 15 is 0 Å². The van der Waals surface area contributed by atoms with Crippen molar-refractivity contribution in [3.8, 4) is 5.69 Å². The molecule has 0 saturated heterocycles. The molecule has 250 valence electrons. The highest BCUT2D eigenvalue weighted by Crippen LogP contribution is 2.40. The van der Waals surface area contributed by atoms with Crippen molar-refractivity contribution in [2.24, 2.45) is 0 Å². The van der Waals surface area contributed by atoms with E-state index in [-0.39, 0.29) is 29.2 Å². The fourth-order valence-electron chi connectivity index (χ4n) is 4.87. The first kappa shape index (κ1) is 33.8. The molecule has 4 aromatic rings. The van der Waals surface area contributed by atoms with E-state index in [0.29, 0.717) is 22.5 Å². The molecule has 0 bridgehead atoms. The first-order valence-electron chi connectivity index (χ1n) is 14.1. The van der Waals surface area contributed by atoms with E-state index < -0.39 is 45.6 Å². The molecule has 3 aromatic carbocycles. The molecule has 2 unspecified atom stereocenters. The molecule has 1 aliphatic heterocycles. The first-order chi connectivity index (χ1) is 22.8. The molecule has 2 atom stereocenters. The summed E-state index contributed by atoms with van der Waals surface area (Å²) in [6.07, 6.45) is 1.41. The second kappa shape index (κ2) is 13.6. The number of hydrogen-bond acceptors (Lipinski definition) is 10. The van der Waals surface area contributed by atoms with Gasteiger partial charge in [-0.3, -0.25) is 19.1 Å². The Kier molecular flexibility index (Phi) is 9.59.